The molecule has 0 saturated heterocycles. The van der Waals surface area contributed by atoms with Gasteiger partial charge >= 0.3 is 5.97 Å². The maximum absolute atomic E-state index is 12.5. The maximum Gasteiger partial charge on any atom is 0.335 e. The minimum atomic E-state index is -0.959. The van der Waals surface area contributed by atoms with Crippen LogP contribution >= 0.6 is 11.6 Å². The van der Waals surface area contributed by atoms with E-state index >= 15 is 0 Å². The van der Waals surface area contributed by atoms with Crippen LogP contribution in [0.5, 0.6) is 0 Å². The van der Waals surface area contributed by atoms with Gasteiger partial charge in [-0.1, -0.05) is 48.9 Å². The Morgan fingerprint density at radius 3 is 2.33 bits per heavy atom. The molecule has 0 aliphatic rings. The largest absolute Gasteiger partial charge is 0.478 e. The van der Waals surface area contributed by atoms with Crippen molar-refractivity contribution in [1.29, 1.82) is 0 Å². The van der Waals surface area contributed by atoms with Gasteiger partial charge in [0, 0.05) is 24.5 Å². The van der Waals surface area contributed by atoms with Crippen LogP contribution in [0.1, 0.15) is 28.4 Å². The molecule has 4 nitrogen and oxygen atoms in total. The highest BCUT2D eigenvalue weighted by Gasteiger charge is 2.19. The summed E-state index contributed by atoms with van der Waals surface area (Å²) < 4.78 is 0. The van der Waals surface area contributed by atoms with Crippen LogP contribution in [0.3, 0.4) is 0 Å². The summed E-state index contributed by atoms with van der Waals surface area (Å²) in [7, 11) is 1.75. The molecular formula is C19H20ClNO3. The molecule has 0 aliphatic heterocycles. The highest BCUT2D eigenvalue weighted by molar-refractivity contribution is 6.31. The lowest BCUT2D eigenvalue weighted by molar-refractivity contribution is -0.134. The van der Waals surface area contributed by atoms with Crippen molar-refractivity contribution in [2.75, 3.05) is 7.05 Å². The molecular weight excluding hydrogens is 326 g/mol. The maximum atomic E-state index is 12.5. The van der Waals surface area contributed by atoms with Gasteiger partial charge in [-0.15, -0.1) is 0 Å². The van der Waals surface area contributed by atoms with E-state index in [4.69, 9.17) is 16.7 Å². The van der Waals surface area contributed by atoms with E-state index in [9.17, 15) is 9.59 Å². The first-order chi connectivity index (χ1) is 11.4. The normalized spacial score (nSPS) is 11.8. The van der Waals surface area contributed by atoms with Crippen LogP contribution in [0, 0.1) is 5.92 Å². The average Bonchev–Trinajstić information content (AvgIpc) is 2.56. The summed E-state index contributed by atoms with van der Waals surface area (Å²) in [6.07, 6.45) is 0.584. The number of rotatable bonds is 6. The Morgan fingerprint density at radius 2 is 1.75 bits per heavy atom. The van der Waals surface area contributed by atoms with Crippen LogP contribution in [0.4, 0.5) is 0 Å². The van der Waals surface area contributed by atoms with Crippen LogP contribution in [-0.4, -0.2) is 28.9 Å². The van der Waals surface area contributed by atoms with Gasteiger partial charge in [0.05, 0.1) is 5.56 Å². The van der Waals surface area contributed by atoms with Crippen LogP contribution in [0.15, 0.2) is 48.5 Å². The fourth-order valence-electron chi connectivity index (χ4n) is 2.56. The standard InChI is InChI=1S/C19H20ClNO3/c1-13(11-16-5-3-4-6-17(16)20)18(22)21(2)12-14-7-9-15(10-8-14)19(23)24/h3-10,13H,11-12H2,1-2H3,(H,23,24). The Morgan fingerprint density at radius 1 is 1.12 bits per heavy atom. The number of amides is 1. The monoisotopic (exact) mass is 345 g/mol. The van der Waals surface area contributed by atoms with E-state index in [-0.39, 0.29) is 17.4 Å². The van der Waals surface area contributed by atoms with Crippen molar-refractivity contribution in [3.05, 3.63) is 70.2 Å². The molecule has 0 fully saturated rings. The van der Waals surface area contributed by atoms with Gasteiger partial charge in [-0.3, -0.25) is 4.79 Å². The molecule has 1 amide bonds. The second kappa shape index (κ2) is 7.97. The van der Waals surface area contributed by atoms with Gasteiger partial charge in [0.15, 0.2) is 0 Å². The van der Waals surface area contributed by atoms with Gasteiger partial charge in [-0.25, -0.2) is 4.79 Å². The number of hydrogen-bond acceptors (Lipinski definition) is 2. The third-order valence-electron chi connectivity index (χ3n) is 3.90. The van der Waals surface area contributed by atoms with Crippen molar-refractivity contribution in [2.24, 2.45) is 5.92 Å². The summed E-state index contributed by atoms with van der Waals surface area (Å²) in [5.41, 5.74) is 2.08. The molecule has 0 aliphatic carbocycles. The highest BCUT2D eigenvalue weighted by atomic mass is 35.5. The van der Waals surface area contributed by atoms with E-state index in [2.05, 4.69) is 0 Å². The van der Waals surface area contributed by atoms with E-state index in [1.54, 1.807) is 36.2 Å². The number of halogens is 1. The molecule has 5 heteroatoms. The predicted octanol–water partition coefficient (Wildman–Crippen LogP) is 3.88. The molecule has 2 aromatic carbocycles. The minimum Gasteiger partial charge on any atom is -0.478 e. The minimum absolute atomic E-state index is 0.0252. The lowest BCUT2D eigenvalue weighted by atomic mass is 9.99. The molecule has 2 aromatic rings. The van der Waals surface area contributed by atoms with E-state index in [0.29, 0.717) is 18.0 Å². The summed E-state index contributed by atoms with van der Waals surface area (Å²) in [6, 6.07) is 14.1. The van der Waals surface area contributed by atoms with Gasteiger partial charge < -0.3 is 10.0 Å². The summed E-state index contributed by atoms with van der Waals surface area (Å²) in [4.78, 5) is 25.0. The van der Waals surface area contributed by atoms with Crippen LogP contribution in [-0.2, 0) is 17.8 Å². The zero-order valence-corrected chi connectivity index (χ0v) is 14.5. The summed E-state index contributed by atoms with van der Waals surface area (Å²) >= 11 is 6.15. The van der Waals surface area contributed by atoms with Crippen LogP contribution in [0.2, 0.25) is 5.02 Å². The number of carboxylic acid groups (broad SMARTS) is 1. The molecule has 2 rings (SSSR count). The summed E-state index contributed by atoms with van der Waals surface area (Å²) in [6.45, 7) is 2.32. The molecule has 0 bridgehead atoms. The molecule has 1 atom stereocenters. The van der Waals surface area contributed by atoms with Crippen molar-refractivity contribution in [2.45, 2.75) is 19.9 Å². The summed E-state index contributed by atoms with van der Waals surface area (Å²) in [5, 5.41) is 9.58. The SMILES string of the molecule is CC(Cc1ccccc1Cl)C(=O)N(C)Cc1ccc(C(=O)O)cc1. The zero-order valence-electron chi connectivity index (χ0n) is 13.7. The van der Waals surface area contributed by atoms with Crippen molar-refractivity contribution >= 4 is 23.5 Å². The Kier molecular flexibility index (Phi) is 5.99. The van der Waals surface area contributed by atoms with Gasteiger partial charge in [0.2, 0.25) is 5.91 Å². The zero-order chi connectivity index (χ0) is 17.7. The quantitative estimate of drug-likeness (QED) is 0.864. The van der Waals surface area contributed by atoms with Gasteiger partial charge in [0.25, 0.3) is 0 Å². The third kappa shape index (κ3) is 4.59. The number of carbonyl (C=O) groups excluding carboxylic acids is 1. The predicted molar refractivity (Wildman–Crippen MR) is 94.2 cm³/mol. The van der Waals surface area contributed by atoms with Gasteiger partial charge in [-0.05, 0) is 35.7 Å². The van der Waals surface area contributed by atoms with Crippen molar-refractivity contribution in [3.63, 3.8) is 0 Å². The third-order valence-corrected chi connectivity index (χ3v) is 4.27. The lowest BCUT2D eigenvalue weighted by Crippen LogP contribution is -2.32. The van der Waals surface area contributed by atoms with E-state index in [1.807, 2.05) is 31.2 Å². The van der Waals surface area contributed by atoms with E-state index in [0.717, 1.165) is 11.1 Å². The Labute approximate surface area is 146 Å². The summed E-state index contributed by atoms with van der Waals surface area (Å²) in [5.74, 6) is -1.12. The average molecular weight is 346 g/mol. The smallest absolute Gasteiger partial charge is 0.335 e. The van der Waals surface area contributed by atoms with Gasteiger partial charge in [0.1, 0.15) is 0 Å². The topological polar surface area (TPSA) is 57.6 Å². The number of benzene rings is 2. The fraction of sp³-hybridized carbons (Fsp3) is 0.263. The molecule has 0 radical (unpaired) electrons. The molecule has 0 aromatic heterocycles. The van der Waals surface area contributed by atoms with Crippen molar-refractivity contribution < 1.29 is 14.7 Å². The van der Waals surface area contributed by atoms with Crippen LogP contribution < -0.4 is 0 Å². The first-order valence-electron chi connectivity index (χ1n) is 7.69. The molecule has 0 saturated carbocycles. The molecule has 1 unspecified atom stereocenters. The van der Waals surface area contributed by atoms with E-state index < -0.39 is 5.97 Å². The first kappa shape index (κ1) is 18.0. The molecule has 126 valence electrons. The highest BCUT2D eigenvalue weighted by Crippen LogP contribution is 2.20. The van der Waals surface area contributed by atoms with Gasteiger partial charge in [-0.2, -0.15) is 0 Å². The first-order valence-corrected chi connectivity index (χ1v) is 8.07. The Balaban J connectivity index is 1.98. The molecule has 0 spiro atoms. The molecule has 1 N–H and O–H groups in total. The number of nitrogens with zero attached hydrogens (tertiary/aromatic N) is 1. The molecule has 24 heavy (non-hydrogen) atoms. The fourth-order valence-corrected chi connectivity index (χ4v) is 2.77. The second-order valence-corrected chi connectivity index (χ2v) is 6.30. The van der Waals surface area contributed by atoms with E-state index in [1.165, 1.54) is 0 Å². The Hall–Kier alpha value is -2.33. The Bertz CT molecular complexity index is 728. The second-order valence-electron chi connectivity index (χ2n) is 5.89. The number of aromatic carboxylic acids is 1. The molecule has 0 heterocycles. The number of carbonyl (C=O) groups is 2. The number of carboxylic acids is 1. The van der Waals surface area contributed by atoms with Crippen molar-refractivity contribution in [1.82, 2.24) is 4.90 Å². The van der Waals surface area contributed by atoms with Crippen molar-refractivity contribution in [3.8, 4) is 0 Å². The van der Waals surface area contributed by atoms with Crippen LogP contribution in [0.25, 0.3) is 0 Å². The lowest BCUT2D eigenvalue weighted by Gasteiger charge is -2.22. The number of hydrogen-bond donors (Lipinski definition) is 1.